The van der Waals surface area contributed by atoms with Crippen LogP contribution in [0.4, 0.5) is 0 Å². The molecule has 6 N–H and O–H groups in total. The van der Waals surface area contributed by atoms with E-state index in [4.69, 9.17) is 16.4 Å². The molecule has 0 heterocycles. The second kappa shape index (κ2) is 8.89. The van der Waals surface area contributed by atoms with Crippen molar-refractivity contribution >= 4 is 11.8 Å². The fraction of sp³-hybridized carbons (Fsp3) is 0.385. The molecule has 112 valence electrons. The number of amidine groups is 1. The molecule has 0 aromatic heterocycles. The Balaban J connectivity index is 0.00000172. The minimum absolute atomic E-state index is 0.0555. The van der Waals surface area contributed by atoms with Crippen LogP contribution in [0.3, 0.4) is 0 Å². The van der Waals surface area contributed by atoms with E-state index in [1.165, 1.54) is 7.11 Å². The van der Waals surface area contributed by atoms with Crippen molar-refractivity contribution in [1.29, 1.82) is 0 Å². The number of methoxy groups -OCH3 is 1. The molecule has 0 fully saturated rings. The number of carboxylic acids is 1. The molecule has 1 aromatic rings. The highest BCUT2D eigenvalue weighted by Crippen LogP contribution is 2.19. The number of rotatable bonds is 5. The van der Waals surface area contributed by atoms with E-state index in [2.05, 4.69) is 10.5 Å². The lowest BCUT2D eigenvalue weighted by Crippen LogP contribution is -2.58. The molecule has 0 spiro atoms. The molecule has 0 radical (unpaired) electrons. The van der Waals surface area contributed by atoms with Gasteiger partial charge < -0.3 is 21.1 Å². The maximum atomic E-state index is 11.5. The molecular weight excluding hydrogens is 260 g/mol. The molecular formula is C13H22N4O3. The number of nitrogens with one attached hydrogen (secondary N) is 1. The monoisotopic (exact) mass is 282 g/mol. The van der Waals surface area contributed by atoms with Gasteiger partial charge in [0.15, 0.2) is 5.84 Å². The van der Waals surface area contributed by atoms with Gasteiger partial charge in [-0.3, -0.25) is 0 Å². The molecule has 0 aliphatic carbocycles. The van der Waals surface area contributed by atoms with Gasteiger partial charge in [0, 0.05) is 13.5 Å². The SMILES string of the molecule is CC.COC(Cc1ccccc1)(C(=O)O)/C(=N/N)NN. The van der Waals surface area contributed by atoms with E-state index >= 15 is 0 Å². The number of carboxylic acid groups (broad SMARTS) is 1. The summed E-state index contributed by atoms with van der Waals surface area (Å²) in [5, 5.41) is 12.7. The maximum Gasteiger partial charge on any atom is 0.344 e. The van der Waals surface area contributed by atoms with Crippen LogP contribution < -0.4 is 17.1 Å². The van der Waals surface area contributed by atoms with E-state index in [9.17, 15) is 9.90 Å². The molecule has 0 saturated carbocycles. The van der Waals surface area contributed by atoms with Gasteiger partial charge in [-0.05, 0) is 5.56 Å². The minimum Gasteiger partial charge on any atom is -0.479 e. The third-order valence-electron chi connectivity index (χ3n) is 2.64. The molecule has 1 atom stereocenters. The quantitative estimate of drug-likeness (QED) is 0.269. The molecule has 0 aliphatic rings. The third-order valence-corrected chi connectivity index (χ3v) is 2.64. The van der Waals surface area contributed by atoms with Crippen molar-refractivity contribution in [3.05, 3.63) is 35.9 Å². The summed E-state index contributed by atoms with van der Waals surface area (Å²) in [7, 11) is 1.26. The van der Waals surface area contributed by atoms with Crippen LogP contribution >= 0.6 is 0 Å². The molecule has 7 nitrogen and oxygen atoms in total. The number of carbonyl (C=O) groups is 1. The summed E-state index contributed by atoms with van der Waals surface area (Å²) in [5.74, 6) is 8.99. The predicted octanol–water partition coefficient (Wildman–Crippen LogP) is 0.461. The summed E-state index contributed by atoms with van der Waals surface area (Å²) in [6.07, 6.45) is 0.0555. The van der Waals surface area contributed by atoms with Crippen LogP contribution in [0.25, 0.3) is 0 Å². The van der Waals surface area contributed by atoms with E-state index in [-0.39, 0.29) is 12.3 Å². The number of hydrazine groups is 1. The van der Waals surface area contributed by atoms with Crippen molar-refractivity contribution in [3.63, 3.8) is 0 Å². The topological polar surface area (TPSA) is 123 Å². The van der Waals surface area contributed by atoms with E-state index in [1.807, 2.05) is 19.9 Å². The summed E-state index contributed by atoms with van der Waals surface area (Å²) in [4.78, 5) is 11.5. The average molecular weight is 282 g/mol. The first-order valence-electron chi connectivity index (χ1n) is 6.18. The van der Waals surface area contributed by atoms with Crippen molar-refractivity contribution in [1.82, 2.24) is 5.43 Å². The zero-order valence-electron chi connectivity index (χ0n) is 12.0. The van der Waals surface area contributed by atoms with Gasteiger partial charge in [0.25, 0.3) is 0 Å². The van der Waals surface area contributed by atoms with Crippen molar-refractivity contribution < 1.29 is 14.6 Å². The lowest BCUT2D eigenvalue weighted by Gasteiger charge is -2.28. The van der Waals surface area contributed by atoms with E-state index in [0.717, 1.165) is 5.56 Å². The number of nitrogens with two attached hydrogens (primary N) is 2. The van der Waals surface area contributed by atoms with Gasteiger partial charge in [-0.15, -0.1) is 0 Å². The lowest BCUT2D eigenvalue weighted by atomic mass is 9.93. The molecule has 1 aromatic carbocycles. The predicted molar refractivity (Wildman–Crippen MR) is 77.8 cm³/mol. The number of hydrogen-bond acceptors (Lipinski definition) is 5. The molecule has 0 aliphatic heterocycles. The first kappa shape index (κ1) is 17.9. The van der Waals surface area contributed by atoms with Crippen molar-refractivity contribution in [3.8, 4) is 0 Å². The smallest absolute Gasteiger partial charge is 0.344 e. The van der Waals surface area contributed by atoms with Gasteiger partial charge in [-0.2, -0.15) is 5.10 Å². The van der Waals surface area contributed by atoms with Crippen molar-refractivity contribution in [2.45, 2.75) is 25.9 Å². The van der Waals surface area contributed by atoms with E-state index in [1.54, 1.807) is 24.3 Å². The Kier molecular flexibility index (Phi) is 7.95. The van der Waals surface area contributed by atoms with E-state index in [0.29, 0.717) is 0 Å². The Morgan fingerprint density at radius 2 is 1.95 bits per heavy atom. The highest BCUT2D eigenvalue weighted by atomic mass is 16.5. The Morgan fingerprint density at radius 3 is 2.30 bits per heavy atom. The Labute approximate surface area is 118 Å². The van der Waals surface area contributed by atoms with E-state index < -0.39 is 11.6 Å². The number of benzene rings is 1. The fourth-order valence-electron chi connectivity index (χ4n) is 1.66. The summed E-state index contributed by atoms with van der Waals surface area (Å²) >= 11 is 0. The summed E-state index contributed by atoms with van der Waals surface area (Å²) in [5.41, 5.74) is 1.20. The highest BCUT2D eigenvalue weighted by molar-refractivity contribution is 6.08. The Bertz CT molecular complexity index is 437. The first-order chi connectivity index (χ1) is 9.60. The number of hydrogen-bond donors (Lipinski definition) is 4. The molecule has 20 heavy (non-hydrogen) atoms. The molecule has 1 unspecified atom stereocenters. The van der Waals surface area contributed by atoms with Gasteiger partial charge in [0.05, 0.1) is 0 Å². The average Bonchev–Trinajstić information content (AvgIpc) is 2.50. The van der Waals surface area contributed by atoms with Gasteiger partial charge in [-0.25, -0.2) is 10.6 Å². The van der Waals surface area contributed by atoms with Crippen LogP contribution in [0.2, 0.25) is 0 Å². The van der Waals surface area contributed by atoms with Gasteiger partial charge >= 0.3 is 5.97 Å². The summed E-state index contributed by atoms with van der Waals surface area (Å²) in [6.45, 7) is 4.00. The zero-order valence-corrected chi connectivity index (χ0v) is 12.0. The highest BCUT2D eigenvalue weighted by Gasteiger charge is 2.44. The number of nitrogens with zero attached hydrogens (tertiary/aromatic N) is 1. The van der Waals surface area contributed by atoms with Crippen LogP contribution in [0.5, 0.6) is 0 Å². The van der Waals surface area contributed by atoms with Crippen molar-refractivity contribution in [2.24, 2.45) is 16.8 Å². The first-order valence-corrected chi connectivity index (χ1v) is 6.18. The lowest BCUT2D eigenvalue weighted by molar-refractivity contribution is -0.154. The number of ether oxygens (including phenoxy) is 1. The molecule has 1 rings (SSSR count). The van der Waals surface area contributed by atoms with Crippen LogP contribution in [-0.2, 0) is 16.0 Å². The fourth-order valence-corrected chi connectivity index (χ4v) is 1.66. The van der Waals surface area contributed by atoms with Crippen LogP contribution in [0.15, 0.2) is 35.4 Å². The summed E-state index contributed by atoms with van der Waals surface area (Å²) in [6, 6.07) is 8.99. The largest absolute Gasteiger partial charge is 0.479 e. The minimum atomic E-state index is -1.73. The van der Waals surface area contributed by atoms with Gasteiger partial charge in [0.2, 0.25) is 5.60 Å². The maximum absolute atomic E-state index is 11.5. The van der Waals surface area contributed by atoms with Crippen molar-refractivity contribution in [2.75, 3.05) is 7.11 Å². The van der Waals surface area contributed by atoms with Gasteiger partial charge in [0.1, 0.15) is 0 Å². The Morgan fingerprint density at radius 1 is 1.40 bits per heavy atom. The van der Waals surface area contributed by atoms with Crippen LogP contribution in [-0.4, -0.2) is 29.6 Å². The second-order valence-corrected chi connectivity index (χ2v) is 3.62. The Hall–Kier alpha value is -2.12. The van der Waals surface area contributed by atoms with Crippen LogP contribution in [0.1, 0.15) is 19.4 Å². The standard InChI is InChI=1S/C11H16N4O3.C2H6/c1-18-11(10(16)17,9(14-12)15-13)7-8-5-3-2-4-6-8;1-2/h2-6H,7,12-13H2,1H3,(H,14,15)(H,16,17);1-2H3. The number of aliphatic carboxylic acids is 1. The molecule has 0 bridgehead atoms. The van der Waals surface area contributed by atoms with Crippen LogP contribution in [0, 0.1) is 0 Å². The third kappa shape index (κ3) is 3.94. The molecule has 7 heteroatoms. The van der Waals surface area contributed by atoms with Gasteiger partial charge in [-0.1, -0.05) is 44.2 Å². The zero-order chi connectivity index (χ0) is 15.6. The number of hydrazone groups is 1. The summed E-state index contributed by atoms with van der Waals surface area (Å²) < 4.78 is 5.09. The molecule has 0 amide bonds. The second-order valence-electron chi connectivity index (χ2n) is 3.62. The normalized spacial score (nSPS) is 13.7. The molecule has 0 saturated heterocycles.